The number of amides is 2. The monoisotopic (exact) mass is 369 g/mol. The number of halogens is 2. The maximum atomic E-state index is 12.4. The van der Waals surface area contributed by atoms with Gasteiger partial charge in [0.1, 0.15) is 0 Å². The Morgan fingerprint density at radius 3 is 2.57 bits per heavy atom. The van der Waals surface area contributed by atoms with Gasteiger partial charge in [0.15, 0.2) is 0 Å². The van der Waals surface area contributed by atoms with Crippen molar-refractivity contribution in [3.8, 4) is 0 Å². The Morgan fingerprint density at radius 2 is 1.90 bits per heavy atom. The Hall–Kier alpha value is -0.870. The number of rotatable bonds is 2. The second-order valence-electron chi connectivity index (χ2n) is 5.96. The van der Waals surface area contributed by atoms with Crippen molar-refractivity contribution in [1.29, 1.82) is 0 Å². The average Bonchev–Trinajstić information content (AvgIpc) is 2.91. The van der Waals surface area contributed by atoms with Gasteiger partial charge in [0.25, 0.3) is 0 Å². The highest BCUT2D eigenvalue weighted by Crippen LogP contribution is 2.44. The summed E-state index contributed by atoms with van der Waals surface area (Å²) in [5, 5.41) is 3.13. The van der Waals surface area contributed by atoms with Crippen molar-refractivity contribution in [2.24, 2.45) is 11.8 Å². The molecule has 2 fully saturated rings. The largest absolute Gasteiger partial charge is 0.296 e. The van der Waals surface area contributed by atoms with Crippen LogP contribution in [0.1, 0.15) is 43.6 Å². The fraction of sp³-hybridized carbons (Fsp3) is 0.500. The van der Waals surface area contributed by atoms with Gasteiger partial charge in [-0.3, -0.25) is 14.9 Å². The predicted octanol–water partition coefficient (Wildman–Crippen LogP) is 4.04. The molecular formula is C16H17BrClNO2. The number of hydrogen-bond acceptors (Lipinski definition) is 2. The van der Waals surface area contributed by atoms with E-state index in [0.717, 1.165) is 22.9 Å². The van der Waals surface area contributed by atoms with E-state index in [4.69, 9.17) is 11.6 Å². The summed E-state index contributed by atoms with van der Waals surface area (Å²) >= 11 is 9.75. The zero-order chi connectivity index (χ0) is 15.0. The van der Waals surface area contributed by atoms with Crippen LogP contribution in [0.3, 0.4) is 0 Å². The molecular weight excluding hydrogens is 354 g/mol. The van der Waals surface area contributed by atoms with E-state index in [2.05, 4.69) is 21.2 Å². The summed E-state index contributed by atoms with van der Waals surface area (Å²) in [5.74, 6) is -0.193. The Bertz CT molecular complexity index is 584. The molecule has 3 rings (SSSR count). The molecule has 5 heteroatoms. The second-order valence-corrected chi connectivity index (χ2v) is 7.28. The summed E-state index contributed by atoms with van der Waals surface area (Å²) in [7, 11) is 0. The van der Waals surface area contributed by atoms with Crippen molar-refractivity contribution < 1.29 is 9.59 Å². The molecule has 1 aromatic rings. The van der Waals surface area contributed by atoms with E-state index in [1.807, 2.05) is 18.2 Å². The van der Waals surface area contributed by atoms with Crippen LogP contribution in [0.25, 0.3) is 0 Å². The van der Waals surface area contributed by atoms with Crippen LogP contribution in [0.2, 0.25) is 5.02 Å². The Kier molecular flexibility index (Phi) is 4.36. The normalized spacial score (nSPS) is 27.0. The Balaban J connectivity index is 1.98. The van der Waals surface area contributed by atoms with Gasteiger partial charge in [-0.2, -0.15) is 0 Å². The van der Waals surface area contributed by atoms with E-state index in [1.165, 1.54) is 12.8 Å². The van der Waals surface area contributed by atoms with Crippen LogP contribution in [0.5, 0.6) is 0 Å². The van der Waals surface area contributed by atoms with E-state index in [-0.39, 0.29) is 23.7 Å². The standard InChI is InChI=1S/C16H17BrClNO2/c17-10-5-6-11(13(18)7-10)12-8-14(20)19-16(21)15(12)9-3-1-2-4-9/h5-7,9,12,15H,1-4,8H2,(H,19,20,21). The Labute approximate surface area is 137 Å². The van der Waals surface area contributed by atoms with Gasteiger partial charge in [-0.1, -0.05) is 46.4 Å². The van der Waals surface area contributed by atoms with E-state index < -0.39 is 0 Å². The molecule has 0 bridgehead atoms. The summed E-state index contributed by atoms with van der Waals surface area (Å²) in [6, 6.07) is 5.69. The van der Waals surface area contributed by atoms with Crippen molar-refractivity contribution >= 4 is 39.3 Å². The number of carbonyl (C=O) groups excluding carboxylic acids is 2. The molecule has 2 unspecified atom stereocenters. The molecule has 0 spiro atoms. The molecule has 1 aromatic carbocycles. The topological polar surface area (TPSA) is 46.2 Å². The minimum absolute atomic E-state index is 0.102. The van der Waals surface area contributed by atoms with Crippen LogP contribution in [-0.4, -0.2) is 11.8 Å². The molecule has 1 saturated carbocycles. The molecule has 1 aliphatic carbocycles. The van der Waals surface area contributed by atoms with Crippen LogP contribution in [0.4, 0.5) is 0 Å². The third-order valence-electron chi connectivity index (χ3n) is 4.67. The maximum Gasteiger partial charge on any atom is 0.230 e. The highest BCUT2D eigenvalue weighted by atomic mass is 79.9. The van der Waals surface area contributed by atoms with Crippen molar-refractivity contribution in [2.75, 3.05) is 0 Å². The number of carbonyl (C=O) groups is 2. The molecule has 1 saturated heterocycles. The van der Waals surface area contributed by atoms with E-state index in [0.29, 0.717) is 17.4 Å². The predicted molar refractivity (Wildman–Crippen MR) is 85.1 cm³/mol. The van der Waals surface area contributed by atoms with Crippen LogP contribution in [0, 0.1) is 11.8 Å². The molecule has 0 radical (unpaired) electrons. The number of piperidine rings is 1. The molecule has 2 amide bonds. The molecule has 21 heavy (non-hydrogen) atoms. The first-order valence-electron chi connectivity index (χ1n) is 7.35. The molecule has 3 nitrogen and oxygen atoms in total. The highest BCUT2D eigenvalue weighted by molar-refractivity contribution is 9.10. The lowest BCUT2D eigenvalue weighted by molar-refractivity contribution is -0.138. The van der Waals surface area contributed by atoms with E-state index in [1.54, 1.807) is 0 Å². The zero-order valence-electron chi connectivity index (χ0n) is 11.6. The minimum Gasteiger partial charge on any atom is -0.296 e. The van der Waals surface area contributed by atoms with Gasteiger partial charge in [0.2, 0.25) is 11.8 Å². The third kappa shape index (κ3) is 3.02. The number of hydrogen-bond donors (Lipinski definition) is 1. The van der Waals surface area contributed by atoms with Crippen LogP contribution in [0.15, 0.2) is 22.7 Å². The lowest BCUT2D eigenvalue weighted by Gasteiger charge is -2.34. The molecule has 0 aromatic heterocycles. The van der Waals surface area contributed by atoms with Crippen molar-refractivity contribution in [3.63, 3.8) is 0 Å². The molecule has 1 aliphatic heterocycles. The maximum absolute atomic E-state index is 12.4. The van der Waals surface area contributed by atoms with Crippen molar-refractivity contribution in [1.82, 2.24) is 5.32 Å². The van der Waals surface area contributed by atoms with Gasteiger partial charge in [0.05, 0.1) is 0 Å². The van der Waals surface area contributed by atoms with Crippen molar-refractivity contribution in [2.45, 2.75) is 38.0 Å². The van der Waals surface area contributed by atoms with Crippen LogP contribution < -0.4 is 5.32 Å². The average molecular weight is 371 g/mol. The summed E-state index contributed by atoms with van der Waals surface area (Å²) < 4.78 is 0.903. The zero-order valence-corrected chi connectivity index (χ0v) is 13.9. The van der Waals surface area contributed by atoms with Gasteiger partial charge < -0.3 is 0 Å². The van der Waals surface area contributed by atoms with Crippen LogP contribution in [-0.2, 0) is 9.59 Å². The van der Waals surface area contributed by atoms with E-state index >= 15 is 0 Å². The fourth-order valence-electron chi connectivity index (χ4n) is 3.75. The lowest BCUT2D eigenvalue weighted by Crippen LogP contribution is -2.47. The number of nitrogens with one attached hydrogen (secondary N) is 1. The first kappa shape index (κ1) is 15.0. The first-order valence-corrected chi connectivity index (χ1v) is 8.52. The smallest absolute Gasteiger partial charge is 0.230 e. The van der Waals surface area contributed by atoms with Crippen molar-refractivity contribution in [3.05, 3.63) is 33.3 Å². The van der Waals surface area contributed by atoms with Gasteiger partial charge in [-0.05, 0) is 36.5 Å². The summed E-state index contributed by atoms with van der Waals surface area (Å²) in [4.78, 5) is 24.2. The fourth-order valence-corrected chi connectivity index (χ4v) is 4.56. The highest BCUT2D eigenvalue weighted by Gasteiger charge is 2.42. The molecule has 112 valence electrons. The molecule has 1 N–H and O–H groups in total. The number of benzene rings is 1. The van der Waals surface area contributed by atoms with Gasteiger partial charge >= 0.3 is 0 Å². The summed E-state index contributed by atoms with van der Waals surface area (Å²) in [6.45, 7) is 0. The van der Waals surface area contributed by atoms with Gasteiger partial charge in [-0.25, -0.2) is 0 Å². The number of imide groups is 1. The first-order chi connectivity index (χ1) is 10.1. The third-order valence-corrected chi connectivity index (χ3v) is 5.49. The molecule has 1 heterocycles. The van der Waals surface area contributed by atoms with Gasteiger partial charge in [0, 0.05) is 27.8 Å². The van der Waals surface area contributed by atoms with Gasteiger partial charge in [-0.15, -0.1) is 0 Å². The SMILES string of the molecule is O=C1CC(c2ccc(Br)cc2Cl)C(C2CCCC2)C(=O)N1. The van der Waals surface area contributed by atoms with E-state index in [9.17, 15) is 9.59 Å². The lowest BCUT2D eigenvalue weighted by atomic mass is 9.73. The summed E-state index contributed by atoms with van der Waals surface area (Å²) in [6.07, 6.45) is 4.81. The van der Waals surface area contributed by atoms with Crippen LogP contribution >= 0.6 is 27.5 Å². The summed E-state index contributed by atoms with van der Waals surface area (Å²) in [5.41, 5.74) is 0.917. The molecule has 2 atom stereocenters. The second kappa shape index (κ2) is 6.09. The minimum atomic E-state index is -0.196. The Morgan fingerprint density at radius 1 is 1.19 bits per heavy atom. The quantitative estimate of drug-likeness (QED) is 0.799. The molecule has 2 aliphatic rings.